The topological polar surface area (TPSA) is 167 Å². The van der Waals surface area contributed by atoms with E-state index in [4.69, 9.17) is 4.74 Å². The first-order chi connectivity index (χ1) is 23.5. The highest BCUT2D eigenvalue weighted by atomic mass is 32.2. The van der Waals surface area contributed by atoms with Crippen LogP contribution in [-0.2, 0) is 24.3 Å². The molecule has 6 rings (SSSR count). The molecule has 3 aliphatic rings. The third-order valence-corrected chi connectivity index (χ3v) is 10.6. The van der Waals surface area contributed by atoms with Gasteiger partial charge in [-0.1, -0.05) is 24.3 Å². The van der Waals surface area contributed by atoms with Gasteiger partial charge in [-0.2, -0.15) is 0 Å². The summed E-state index contributed by atoms with van der Waals surface area (Å²) in [5.41, 5.74) is 1.82. The summed E-state index contributed by atoms with van der Waals surface area (Å²) < 4.78 is 48.1. The van der Waals surface area contributed by atoms with Crippen LogP contribution in [-0.4, -0.2) is 85.6 Å². The fraction of sp³-hybridized carbons (Fsp3) is 0.429. The fourth-order valence-corrected chi connectivity index (χ4v) is 7.53. The van der Waals surface area contributed by atoms with E-state index < -0.39 is 58.3 Å². The molecule has 0 radical (unpaired) electrons. The summed E-state index contributed by atoms with van der Waals surface area (Å²) in [4.78, 5) is 45.1. The normalized spacial score (nSPS) is 20.8. The van der Waals surface area contributed by atoms with E-state index in [1.165, 1.54) is 35.2 Å². The van der Waals surface area contributed by atoms with E-state index in [2.05, 4.69) is 20.3 Å². The molecular formula is C35H40FN5O7S. The number of nitrogens with zero attached hydrogens (tertiary/aromatic N) is 2. The second kappa shape index (κ2) is 14.7. The number of likely N-dealkylation sites (tertiary alicyclic amines) is 1. The van der Waals surface area contributed by atoms with Gasteiger partial charge in [0.2, 0.25) is 21.8 Å². The average Bonchev–Trinajstić information content (AvgIpc) is 3.84. The van der Waals surface area contributed by atoms with Crippen molar-refractivity contribution in [1.82, 2.24) is 25.2 Å². The minimum atomic E-state index is -3.79. The van der Waals surface area contributed by atoms with Crippen molar-refractivity contribution >= 4 is 44.7 Å². The second-order valence-electron chi connectivity index (χ2n) is 12.9. The Morgan fingerprint density at radius 3 is 2.61 bits per heavy atom. The number of halogens is 1. The molecule has 1 aliphatic carbocycles. The Morgan fingerprint density at radius 1 is 1.08 bits per heavy atom. The number of aliphatic hydroxyl groups excluding tert-OH is 1. The fourth-order valence-electron chi connectivity index (χ4n) is 6.19. The Morgan fingerprint density at radius 2 is 1.86 bits per heavy atom. The van der Waals surface area contributed by atoms with Crippen molar-refractivity contribution in [2.75, 3.05) is 26.3 Å². The quantitative estimate of drug-likeness (QED) is 0.238. The summed E-state index contributed by atoms with van der Waals surface area (Å²) in [6.45, 7) is 2.27. The van der Waals surface area contributed by atoms with Crippen LogP contribution in [0.3, 0.4) is 0 Å². The van der Waals surface area contributed by atoms with Gasteiger partial charge < -0.3 is 25.4 Å². The number of ether oxygens (including phenoxy) is 1. The SMILES string of the molecule is C[C@H](NC(=O)[C@@H]1C[C@@H](O)CN1C(=O)CNC(=O)c1ccc2cc(F)ccc2n1)c1ccc(S(=O)(=O)NC2CCOCC2)cc1/C=C/C1CC1. The van der Waals surface area contributed by atoms with Crippen molar-refractivity contribution in [1.29, 1.82) is 0 Å². The molecule has 0 bridgehead atoms. The number of carbonyl (C=O) groups excluding carboxylic acids is 3. The van der Waals surface area contributed by atoms with Crippen molar-refractivity contribution in [3.8, 4) is 0 Å². The lowest BCUT2D eigenvalue weighted by Crippen LogP contribution is -2.49. The molecule has 4 N–H and O–H groups in total. The minimum absolute atomic E-state index is 0.0184. The molecule has 0 spiro atoms. The van der Waals surface area contributed by atoms with Crippen LogP contribution in [0.15, 0.2) is 59.5 Å². The van der Waals surface area contributed by atoms with E-state index in [-0.39, 0.29) is 29.6 Å². The lowest BCUT2D eigenvalue weighted by Gasteiger charge is -2.26. The van der Waals surface area contributed by atoms with Crippen LogP contribution in [0.5, 0.6) is 0 Å². The van der Waals surface area contributed by atoms with Crippen LogP contribution in [0.4, 0.5) is 4.39 Å². The van der Waals surface area contributed by atoms with Crippen molar-refractivity contribution in [3.05, 3.63) is 77.2 Å². The van der Waals surface area contributed by atoms with Crippen molar-refractivity contribution < 1.29 is 37.0 Å². The van der Waals surface area contributed by atoms with Gasteiger partial charge in [0.25, 0.3) is 5.91 Å². The van der Waals surface area contributed by atoms with Crippen LogP contribution < -0.4 is 15.4 Å². The molecule has 1 aromatic heterocycles. The molecule has 0 unspecified atom stereocenters. The molecule has 2 saturated heterocycles. The highest BCUT2D eigenvalue weighted by Crippen LogP contribution is 2.32. The molecule has 260 valence electrons. The summed E-state index contributed by atoms with van der Waals surface area (Å²) in [5, 5.41) is 16.4. The Balaban J connectivity index is 1.12. The predicted octanol–water partition coefficient (Wildman–Crippen LogP) is 2.82. The van der Waals surface area contributed by atoms with E-state index in [1.54, 1.807) is 25.1 Å². The lowest BCUT2D eigenvalue weighted by molar-refractivity contribution is -0.138. The van der Waals surface area contributed by atoms with Crippen LogP contribution in [0.1, 0.15) is 66.7 Å². The number of sulfonamides is 1. The number of β-amino-alcohol motifs (C(OH)–C–C–N with tert-alkyl or cyclic N) is 1. The number of nitrogens with one attached hydrogen (secondary N) is 3. The molecule has 3 amide bonds. The number of rotatable bonds is 11. The highest BCUT2D eigenvalue weighted by Gasteiger charge is 2.39. The molecule has 49 heavy (non-hydrogen) atoms. The summed E-state index contributed by atoms with van der Waals surface area (Å²) in [7, 11) is -3.79. The summed E-state index contributed by atoms with van der Waals surface area (Å²) in [6.07, 6.45) is 6.35. The molecule has 2 aromatic carbocycles. The van der Waals surface area contributed by atoms with E-state index >= 15 is 0 Å². The molecular weight excluding hydrogens is 653 g/mol. The number of aromatic nitrogens is 1. The van der Waals surface area contributed by atoms with E-state index in [1.807, 2.05) is 12.2 Å². The number of fused-ring (bicyclic) bond motifs is 1. The second-order valence-corrected chi connectivity index (χ2v) is 14.6. The number of pyridine rings is 1. The van der Waals surface area contributed by atoms with Crippen LogP contribution >= 0.6 is 0 Å². The van der Waals surface area contributed by atoms with Crippen LogP contribution in [0, 0.1) is 11.7 Å². The number of aliphatic hydroxyl groups is 1. The molecule has 14 heteroatoms. The zero-order valence-corrected chi connectivity index (χ0v) is 27.9. The zero-order valence-electron chi connectivity index (χ0n) is 27.1. The van der Waals surface area contributed by atoms with Gasteiger partial charge in [-0.3, -0.25) is 14.4 Å². The largest absolute Gasteiger partial charge is 0.391 e. The first-order valence-electron chi connectivity index (χ1n) is 16.5. The highest BCUT2D eigenvalue weighted by molar-refractivity contribution is 7.89. The maximum absolute atomic E-state index is 13.6. The molecule has 3 aromatic rings. The van der Waals surface area contributed by atoms with Gasteiger partial charge in [-0.25, -0.2) is 22.5 Å². The van der Waals surface area contributed by atoms with Crippen LogP contribution in [0.25, 0.3) is 17.0 Å². The van der Waals surface area contributed by atoms with Crippen molar-refractivity contribution in [2.45, 2.75) is 68.2 Å². The number of amides is 3. The van der Waals surface area contributed by atoms with Gasteiger partial charge >= 0.3 is 0 Å². The van der Waals surface area contributed by atoms with Gasteiger partial charge in [-0.15, -0.1) is 0 Å². The van der Waals surface area contributed by atoms with Gasteiger partial charge in [0.15, 0.2) is 0 Å². The maximum Gasteiger partial charge on any atom is 0.270 e. The molecule has 3 fully saturated rings. The Bertz CT molecular complexity index is 1880. The summed E-state index contributed by atoms with van der Waals surface area (Å²) >= 11 is 0. The van der Waals surface area contributed by atoms with Gasteiger partial charge in [-0.05, 0) is 86.1 Å². The number of carbonyl (C=O) groups is 3. The van der Waals surface area contributed by atoms with Gasteiger partial charge in [0, 0.05) is 37.6 Å². The standard InChI is InChI=1S/C35H40FN5O7S/c1-21(29-9-8-28(17-23(29)5-4-22-2-3-22)49(46,47)40-26-12-14-48-15-13-26)38-35(45)32-18-27(42)20-41(32)33(43)19-37-34(44)31-10-6-24-16-25(36)7-11-30(24)39-31/h4-11,16-17,21-22,26-27,32,40,42H,2-3,12-15,18-20H2,1H3,(H,37,44)(H,38,45)/b5-4+/t21-,27+,32-/m0/s1. The van der Waals surface area contributed by atoms with Crippen molar-refractivity contribution in [3.63, 3.8) is 0 Å². The third kappa shape index (κ3) is 8.50. The Labute approximate surface area is 284 Å². The van der Waals surface area contributed by atoms with Gasteiger partial charge in [0.1, 0.15) is 17.6 Å². The number of allylic oxidation sites excluding steroid dienone is 1. The third-order valence-electron chi connectivity index (χ3n) is 9.09. The number of benzene rings is 2. The van der Waals surface area contributed by atoms with Crippen LogP contribution in [0.2, 0.25) is 0 Å². The maximum atomic E-state index is 13.6. The van der Waals surface area contributed by atoms with Crippen molar-refractivity contribution in [2.24, 2.45) is 5.92 Å². The summed E-state index contributed by atoms with van der Waals surface area (Å²) in [5.74, 6) is -1.65. The van der Waals surface area contributed by atoms with E-state index in [0.717, 1.165) is 12.8 Å². The molecule has 3 atom stereocenters. The number of hydrogen-bond acceptors (Lipinski definition) is 8. The Kier molecular flexibility index (Phi) is 10.4. The summed E-state index contributed by atoms with van der Waals surface area (Å²) in [6, 6.07) is 10.1. The zero-order chi connectivity index (χ0) is 34.7. The first-order valence-corrected chi connectivity index (χ1v) is 18.0. The van der Waals surface area contributed by atoms with Gasteiger partial charge in [0.05, 0.1) is 29.1 Å². The smallest absolute Gasteiger partial charge is 0.270 e. The molecule has 3 heterocycles. The predicted molar refractivity (Wildman–Crippen MR) is 179 cm³/mol. The minimum Gasteiger partial charge on any atom is -0.391 e. The monoisotopic (exact) mass is 693 g/mol. The number of hydrogen-bond donors (Lipinski definition) is 4. The average molecular weight is 694 g/mol. The van der Waals surface area contributed by atoms with E-state index in [9.17, 15) is 32.3 Å². The Hall–Kier alpha value is -4.24. The molecule has 2 aliphatic heterocycles. The van der Waals surface area contributed by atoms with E-state index in [0.29, 0.717) is 54.0 Å². The molecule has 1 saturated carbocycles. The lowest BCUT2D eigenvalue weighted by atomic mass is 10.00. The first kappa shape index (κ1) is 34.6. The molecule has 12 nitrogen and oxygen atoms in total.